The lowest BCUT2D eigenvalue weighted by atomic mass is 9.61. The fraction of sp³-hybridized carbons (Fsp3) is 0.769. The van der Waals surface area contributed by atoms with Crippen molar-refractivity contribution in [2.45, 2.75) is 89.2 Å². The third kappa shape index (κ3) is 2.97. The number of hydrogen-bond donors (Lipinski definition) is 0. The molecule has 5 aliphatic rings. The standard InChI is InChI=1S/C26H40O6Si2/c1-16-14-24-15-25(16,32-34(7,8)9)12-10-17(24)26-13-11-18(31-33(4,5)6)23(2,22(28)30-26)20(26)19(24)21(27)29-3/h11,13,17-20H,1,10,12,14-15H2,2-9H3/t17?,18-,19+,20?,23?,24-,25-,26+/m0/s1. The number of esters is 2. The molecule has 34 heavy (non-hydrogen) atoms. The van der Waals surface area contributed by atoms with Crippen molar-refractivity contribution >= 4 is 28.6 Å². The van der Waals surface area contributed by atoms with Crippen molar-refractivity contribution in [3.05, 3.63) is 24.3 Å². The Kier molecular flexibility index (Phi) is 5.01. The molecule has 188 valence electrons. The molecular weight excluding hydrogens is 464 g/mol. The molecule has 1 saturated heterocycles. The van der Waals surface area contributed by atoms with E-state index in [4.69, 9.17) is 18.3 Å². The zero-order valence-corrected chi connectivity index (χ0v) is 23.9. The lowest BCUT2D eigenvalue weighted by Crippen LogP contribution is -2.53. The van der Waals surface area contributed by atoms with E-state index >= 15 is 0 Å². The van der Waals surface area contributed by atoms with Crippen LogP contribution in [0.3, 0.4) is 0 Å². The average Bonchev–Trinajstić information content (AvgIpc) is 3.12. The lowest BCUT2D eigenvalue weighted by Gasteiger charge is -2.47. The van der Waals surface area contributed by atoms with Crippen LogP contribution in [0.1, 0.15) is 32.6 Å². The smallest absolute Gasteiger partial charge is 0.316 e. The first kappa shape index (κ1) is 24.5. The minimum Gasteiger partial charge on any atom is -0.469 e. The van der Waals surface area contributed by atoms with Crippen LogP contribution in [0.25, 0.3) is 0 Å². The van der Waals surface area contributed by atoms with Crippen LogP contribution in [0.4, 0.5) is 0 Å². The maximum Gasteiger partial charge on any atom is 0.316 e. The Morgan fingerprint density at radius 1 is 1.18 bits per heavy atom. The van der Waals surface area contributed by atoms with E-state index in [1.54, 1.807) is 0 Å². The van der Waals surface area contributed by atoms with Gasteiger partial charge in [-0.3, -0.25) is 9.59 Å². The first-order valence-corrected chi connectivity index (χ1v) is 19.4. The fourth-order valence-electron chi connectivity index (χ4n) is 8.49. The van der Waals surface area contributed by atoms with Crippen molar-refractivity contribution in [1.82, 2.24) is 0 Å². The van der Waals surface area contributed by atoms with Crippen molar-refractivity contribution in [1.29, 1.82) is 0 Å². The van der Waals surface area contributed by atoms with Crippen molar-refractivity contribution in [3.8, 4) is 0 Å². The predicted molar refractivity (Wildman–Crippen MR) is 134 cm³/mol. The van der Waals surface area contributed by atoms with Crippen molar-refractivity contribution in [2.24, 2.45) is 28.6 Å². The van der Waals surface area contributed by atoms with E-state index in [1.165, 1.54) is 7.11 Å². The van der Waals surface area contributed by atoms with Gasteiger partial charge in [-0.2, -0.15) is 0 Å². The first-order valence-electron chi connectivity index (χ1n) is 12.6. The Balaban J connectivity index is 1.67. The summed E-state index contributed by atoms with van der Waals surface area (Å²) in [6.07, 6.45) is 6.86. The molecule has 1 spiro atoms. The van der Waals surface area contributed by atoms with Crippen molar-refractivity contribution in [3.63, 3.8) is 0 Å². The van der Waals surface area contributed by atoms with Gasteiger partial charge in [0.1, 0.15) is 11.0 Å². The van der Waals surface area contributed by atoms with E-state index in [2.05, 4.69) is 58.0 Å². The molecule has 3 saturated carbocycles. The van der Waals surface area contributed by atoms with Gasteiger partial charge >= 0.3 is 11.9 Å². The molecule has 4 fully saturated rings. The molecule has 4 bridgehead atoms. The molecule has 6 nitrogen and oxygen atoms in total. The topological polar surface area (TPSA) is 71.1 Å². The first-order chi connectivity index (χ1) is 15.5. The Morgan fingerprint density at radius 3 is 2.44 bits per heavy atom. The highest BCUT2D eigenvalue weighted by molar-refractivity contribution is 6.70. The van der Waals surface area contributed by atoms with E-state index in [1.807, 2.05) is 6.92 Å². The summed E-state index contributed by atoms with van der Waals surface area (Å²) in [4.78, 5) is 27.3. The number of carbonyl (C=O) groups is 2. The summed E-state index contributed by atoms with van der Waals surface area (Å²) in [5, 5.41) is 0. The number of fused-ring (bicyclic) bond motifs is 1. The van der Waals surface area contributed by atoms with E-state index in [0.717, 1.165) is 24.8 Å². The van der Waals surface area contributed by atoms with Gasteiger partial charge in [-0.15, -0.1) is 0 Å². The number of hydrogen-bond acceptors (Lipinski definition) is 6. The zero-order valence-electron chi connectivity index (χ0n) is 21.9. The highest BCUT2D eigenvalue weighted by Gasteiger charge is 2.84. The maximum absolute atomic E-state index is 13.7. The van der Waals surface area contributed by atoms with Gasteiger partial charge in [-0.1, -0.05) is 12.7 Å². The van der Waals surface area contributed by atoms with E-state index < -0.39 is 50.7 Å². The van der Waals surface area contributed by atoms with Crippen molar-refractivity contribution < 1.29 is 27.9 Å². The summed E-state index contributed by atoms with van der Waals surface area (Å²) in [6, 6.07) is 0. The van der Waals surface area contributed by atoms with Crippen LogP contribution in [0.2, 0.25) is 39.3 Å². The Labute approximate surface area is 205 Å². The summed E-state index contributed by atoms with van der Waals surface area (Å²) < 4.78 is 25.2. The summed E-state index contributed by atoms with van der Waals surface area (Å²) in [5.41, 5.74) is -1.45. The third-order valence-corrected chi connectivity index (χ3v) is 11.2. The van der Waals surface area contributed by atoms with E-state index in [9.17, 15) is 9.59 Å². The minimum absolute atomic E-state index is 0.0292. The molecule has 1 aliphatic heterocycles. The number of rotatable bonds is 5. The summed E-state index contributed by atoms with van der Waals surface area (Å²) >= 11 is 0. The highest BCUT2D eigenvalue weighted by Crippen LogP contribution is 2.78. The fourth-order valence-corrected chi connectivity index (χ4v) is 11.1. The molecule has 5 rings (SSSR count). The average molecular weight is 505 g/mol. The van der Waals surface area contributed by atoms with Gasteiger partial charge in [0.2, 0.25) is 0 Å². The van der Waals surface area contributed by atoms with Gasteiger partial charge in [0, 0.05) is 11.8 Å². The molecule has 4 aliphatic carbocycles. The molecule has 0 aromatic rings. The summed E-state index contributed by atoms with van der Waals surface area (Å²) in [5.74, 6) is -1.27. The van der Waals surface area contributed by atoms with Gasteiger partial charge in [-0.25, -0.2) is 0 Å². The molecule has 0 amide bonds. The van der Waals surface area contributed by atoms with Crippen LogP contribution >= 0.6 is 0 Å². The normalized spacial score (nSPS) is 46.8. The number of methoxy groups -OCH3 is 1. The second-order valence-electron chi connectivity index (χ2n) is 13.5. The lowest BCUT2D eigenvalue weighted by molar-refractivity contribution is -0.163. The van der Waals surface area contributed by atoms with Gasteiger partial charge in [-0.05, 0) is 89.0 Å². The molecule has 0 N–H and O–H groups in total. The quantitative estimate of drug-likeness (QED) is 0.303. The van der Waals surface area contributed by atoms with Crippen LogP contribution in [0.15, 0.2) is 24.3 Å². The molecule has 8 heteroatoms. The summed E-state index contributed by atoms with van der Waals surface area (Å²) in [6.45, 7) is 19.5. The summed E-state index contributed by atoms with van der Waals surface area (Å²) in [7, 11) is -2.39. The van der Waals surface area contributed by atoms with Crippen LogP contribution in [-0.2, 0) is 27.9 Å². The monoisotopic (exact) mass is 504 g/mol. The van der Waals surface area contributed by atoms with Gasteiger partial charge < -0.3 is 18.3 Å². The predicted octanol–water partition coefficient (Wildman–Crippen LogP) is 4.83. The maximum atomic E-state index is 13.7. The number of ether oxygens (including phenoxy) is 2. The SMILES string of the molecule is C=C1C[C@]23C[C@@]1(O[Si](C)(C)C)CCC2[C@@]12C=C[C@H](O[Si](C)(C)C)C(C)(C(=O)O1)C2[C@@H]3C(=O)OC. The molecule has 8 atom stereocenters. The Morgan fingerprint density at radius 2 is 1.85 bits per heavy atom. The number of carbonyl (C=O) groups excluding carboxylic acids is 2. The van der Waals surface area contributed by atoms with Crippen LogP contribution < -0.4 is 0 Å². The van der Waals surface area contributed by atoms with Crippen LogP contribution in [-0.4, -0.2) is 53.0 Å². The highest BCUT2D eigenvalue weighted by atomic mass is 28.4. The van der Waals surface area contributed by atoms with Gasteiger partial charge in [0.25, 0.3) is 0 Å². The van der Waals surface area contributed by atoms with Crippen LogP contribution in [0.5, 0.6) is 0 Å². The molecule has 3 unspecified atom stereocenters. The molecule has 0 aromatic heterocycles. The molecule has 0 aromatic carbocycles. The minimum atomic E-state index is -1.98. The molecular formula is C26H40O6Si2. The van der Waals surface area contributed by atoms with Crippen LogP contribution in [0, 0.1) is 28.6 Å². The zero-order chi connectivity index (χ0) is 25.1. The van der Waals surface area contributed by atoms with E-state index in [0.29, 0.717) is 6.42 Å². The second-order valence-corrected chi connectivity index (χ2v) is 22.4. The van der Waals surface area contributed by atoms with Crippen molar-refractivity contribution in [2.75, 3.05) is 7.11 Å². The molecule has 0 radical (unpaired) electrons. The third-order valence-electron chi connectivity index (χ3n) is 9.23. The largest absolute Gasteiger partial charge is 0.469 e. The Bertz CT molecular complexity index is 994. The Hall–Kier alpha value is -1.23. The molecule has 1 heterocycles. The second kappa shape index (κ2) is 6.96. The van der Waals surface area contributed by atoms with Gasteiger partial charge in [0.05, 0.1) is 24.7 Å². The van der Waals surface area contributed by atoms with Gasteiger partial charge in [0.15, 0.2) is 16.6 Å². The van der Waals surface area contributed by atoms with E-state index in [-0.39, 0.29) is 23.8 Å².